The van der Waals surface area contributed by atoms with Crippen LogP contribution < -0.4 is 10.1 Å². The molecule has 114 valence electrons. The molecule has 0 saturated carbocycles. The number of hydrogen-bond donors (Lipinski definition) is 1. The zero-order valence-electron chi connectivity index (χ0n) is 12.9. The number of nitrogens with one attached hydrogen (secondary N) is 1. The Morgan fingerprint density at radius 1 is 1.33 bits per heavy atom. The maximum Gasteiger partial charge on any atom is 0.264 e. The van der Waals surface area contributed by atoms with E-state index in [1.807, 2.05) is 32.0 Å². The maximum atomic E-state index is 5.71. The monoisotopic (exact) mass is 289 g/mol. The Bertz CT molecular complexity index is 552. The van der Waals surface area contributed by atoms with Crippen molar-refractivity contribution in [3.8, 4) is 5.75 Å². The summed E-state index contributed by atoms with van der Waals surface area (Å²) in [6, 6.07) is 8.04. The van der Waals surface area contributed by atoms with E-state index in [-0.39, 0.29) is 5.92 Å². The summed E-state index contributed by atoms with van der Waals surface area (Å²) in [6.07, 6.45) is 1.13. The molecule has 0 aliphatic rings. The molecule has 0 saturated heterocycles. The van der Waals surface area contributed by atoms with E-state index in [4.69, 9.17) is 9.26 Å². The van der Waals surface area contributed by atoms with Crippen LogP contribution >= 0.6 is 0 Å². The minimum absolute atomic E-state index is 0.260. The summed E-state index contributed by atoms with van der Waals surface area (Å²) in [4.78, 5) is 4.29. The molecule has 1 N–H and O–H groups in total. The van der Waals surface area contributed by atoms with Crippen LogP contribution in [0.4, 0.5) is 0 Å². The third-order valence-corrected chi connectivity index (χ3v) is 3.02. The third kappa shape index (κ3) is 4.86. The van der Waals surface area contributed by atoms with Gasteiger partial charge in [-0.25, -0.2) is 0 Å². The van der Waals surface area contributed by atoms with Gasteiger partial charge in [0.2, 0.25) is 0 Å². The Morgan fingerprint density at radius 3 is 2.90 bits per heavy atom. The molecule has 0 amide bonds. The molecule has 0 spiro atoms. The van der Waals surface area contributed by atoms with Gasteiger partial charge in [0.05, 0.1) is 0 Å². The molecule has 1 aromatic carbocycles. The van der Waals surface area contributed by atoms with E-state index >= 15 is 0 Å². The molecule has 0 fully saturated rings. The summed E-state index contributed by atoms with van der Waals surface area (Å²) in [5.41, 5.74) is 1.20. The lowest BCUT2D eigenvalue weighted by Gasteiger charge is -2.07. The van der Waals surface area contributed by atoms with Gasteiger partial charge in [-0.2, -0.15) is 4.98 Å². The van der Waals surface area contributed by atoms with Gasteiger partial charge >= 0.3 is 0 Å². The van der Waals surface area contributed by atoms with E-state index in [0.717, 1.165) is 25.3 Å². The van der Waals surface area contributed by atoms with Crippen molar-refractivity contribution in [2.75, 3.05) is 6.54 Å². The van der Waals surface area contributed by atoms with Gasteiger partial charge in [-0.3, -0.25) is 0 Å². The van der Waals surface area contributed by atoms with Crippen LogP contribution in [0, 0.1) is 0 Å². The SMILES string of the molecule is CCCNCc1cccc(OCc2nc(C(C)C)no2)c1. The van der Waals surface area contributed by atoms with Crippen molar-refractivity contribution in [2.45, 2.75) is 46.3 Å². The molecule has 0 unspecified atom stereocenters. The van der Waals surface area contributed by atoms with Gasteiger partial charge in [-0.1, -0.05) is 38.1 Å². The third-order valence-electron chi connectivity index (χ3n) is 3.02. The van der Waals surface area contributed by atoms with Crippen LogP contribution in [-0.2, 0) is 13.2 Å². The van der Waals surface area contributed by atoms with Gasteiger partial charge in [0.1, 0.15) is 5.75 Å². The highest BCUT2D eigenvalue weighted by molar-refractivity contribution is 5.28. The highest BCUT2D eigenvalue weighted by Crippen LogP contribution is 2.16. The lowest BCUT2D eigenvalue weighted by molar-refractivity contribution is 0.242. The zero-order valence-corrected chi connectivity index (χ0v) is 12.9. The molecular formula is C16H23N3O2. The van der Waals surface area contributed by atoms with Crippen molar-refractivity contribution >= 4 is 0 Å². The Morgan fingerprint density at radius 2 is 2.19 bits per heavy atom. The summed E-state index contributed by atoms with van der Waals surface area (Å²) in [5.74, 6) is 2.30. The molecule has 2 rings (SSSR count). The van der Waals surface area contributed by atoms with Gasteiger partial charge in [-0.05, 0) is 30.7 Å². The van der Waals surface area contributed by atoms with Crippen LogP contribution in [0.15, 0.2) is 28.8 Å². The molecule has 0 radical (unpaired) electrons. The molecule has 1 heterocycles. The molecular weight excluding hydrogens is 266 g/mol. The van der Waals surface area contributed by atoms with E-state index in [0.29, 0.717) is 18.3 Å². The second kappa shape index (κ2) is 7.78. The first-order valence-corrected chi connectivity index (χ1v) is 7.44. The quantitative estimate of drug-likeness (QED) is 0.756. The largest absolute Gasteiger partial charge is 0.484 e. The molecule has 0 aliphatic carbocycles. The number of ether oxygens (including phenoxy) is 1. The smallest absolute Gasteiger partial charge is 0.264 e. The number of aromatic nitrogens is 2. The van der Waals surface area contributed by atoms with Gasteiger partial charge in [0.15, 0.2) is 12.4 Å². The molecule has 1 aromatic heterocycles. The first-order valence-electron chi connectivity index (χ1n) is 7.44. The van der Waals surface area contributed by atoms with Crippen LogP contribution in [0.2, 0.25) is 0 Å². The molecule has 0 atom stereocenters. The standard InChI is InChI=1S/C16H23N3O2/c1-4-8-17-10-13-6-5-7-14(9-13)20-11-15-18-16(12(2)3)19-21-15/h5-7,9,12,17H,4,8,10-11H2,1-3H3. The van der Waals surface area contributed by atoms with E-state index < -0.39 is 0 Å². The van der Waals surface area contributed by atoms with E-state index in [9.17, 15) is 0 Å². The molecule has 0 bridgehead atoms. The number of rotatable bonds is 8. The van der Waals surface area contributed by atoms with Crippen molar-refractivity contribution in [3.63, 3.8) is 0 Å². The summed E-state index contributed by atoms with van der Waals surface area (Å²) < 4.78 is 10.9. The lowest BCUT2D eigenvalue weighted by atomic mass is 10.2. The second-order valence-corrected chi connectivity index (χ2v) is 5.31. The van der Waals surface area contributed by atoms with E-state index in [2.05, 4.69) is 28.4 Å². The first kappa shape index (κ1) is 15.5. The van der Waals surface area contributed by atoms with Crippen LogP contribution in [0.1, 0.15) is 50.4 Å². The normalized spacial score (nSPS) is 11.0. The second-order valence-electron chi connectivity index (χ2n) is 5.31. The summed E-state index contributed by atoms with van der Waals surface area (Å²) in [6.45, 7) is 8.38. The highest BCUT2D eigenvalue weighted by atomic mass is 16.5. The van der Waals surface area contributed by atoms with Crippen molar-refractivity contribution in [2.24, 2.45) is 0 Å². The summed E-state index contributed by atoms with van der Waals surface area (Å²) in [5, 5.41) is 7.29. The Balaban J connectivity index is 1.88. The van der Waals surface area contributed by atoms with E-state index in [1.54, 1.807) is 0 Å². The fourth-order valence-corrected chi connectivity index (χ4v) is 1.86. The van der Waals surface area contributed by atoms with Gasteiger partial charge < -0.3 is 14.6 Å². The zero-order chi connectivity index (χ0) is 15.1. The molecule has 21 heavy (non-hydrogen) atoms. The topological polar surface area (TPSA) is 60.2 Å². The van der Waals surface area contributed by atoms with Crippen molar-refractivity contribution in [1.82, 2.24) is 15.5 Å². The predicted octanol–water partition coefficient (Wildman–Crippen LogP) is 3.27. The average molecular weight is 289 g/mol. The summed E-state index contributed by atoms with van der Waals surface area (Å²) in [7, 11) is 0. The molecule has 2 aromatic rings. The van der Waals surface area contributed by atoms with Crippen molar-refractivity contribution in [1.29, 1.82) is 0 Å². The molecule has 5 heteroatoms. The van der Waals surface area contributed by atoms with Crippen LogP contribution in [0.5, 0.6) is 5.75 Å². The number of hydrogen-bond acceptors (Lipinski definition) is 5. The van der Waals surface area contributed by atoms with Gasteiger partial charge in [-0.15, -0.1) is 0 Å². The predicted molar refractivity (Wildman–Crippen MR) is 81.2 cm³/mol. The highest BCUT2D eigenvalue weighted by Gasteiger charge is 2.10. The number of benzene rings is 1. The molecule has 0 aliphatic heterocycles. The fraction of sp³-hybridized carbons (Fsp3) is 0.500. The Labute approximate surface area is 125 Å². The van der Waals surface area contributed by atoms with Gasteiger partial charge in [0, 0.05) is 12.5 Å². The van der Waals surface area contributed by atoms with Crippen LogP contribution in [-0.4, -0.2) is 16.7 Å². The van der Waals surface area contributed by atoms with Crippen LogP contribution in [0.3, 0.4) is 0 Å². The fourth-order valence-electron chi connectivity index (χ4n) is 1.86. The van der Waals surface area contributed by atoms with Crippen LogP contribution in [0.25, 0.3) is 0 Å². The Kier molecular flexibility index (Phi) is 5.75. The Hall–Kier alpha value is -1.88. The summed E-state index contributed by atoms with van der Waals surface area (Å²) >= 11 is 0. The maximum absolute atomic E-state index is 5.71. The van der Waals surface area contributed by atoms with Gasteiger partial charge in [0.25, 0.3) is 5.89 Å². The van der Waals surface area contributed by atoms with E-state index in [1.165, 1.54) is 5.56 Å². The van der Waals surface area contributed by atoms with Crippen molar-refractivity contribution < 1.29 is 9.26 Å². The van der Waals surface area contributed by atoms with Crippen molar-refractivity contribution in [3.05, 3.63) is 41.5 Å². The average Bonchev–Trinajstić information content (AvgIpc) is 2.95. The minimum Gasteiger partial charge on any atom is -0.484 e. The number of nitrogens with zero attached hydrogens (tertiary/aromatic N) is 2. The minimum atomic E-state index is 0.260. The first-order chi connectivity index (χ1) is 10.2. The lowest BCUT2D eigenvalue weighted by Crippen LogP contribution is -2.13. The molecule has 5 nitrogen and oxygen atoms in total.